The van der Waals surface area contributed by atoms with E-state index in [1.54, 1.807) is 7.05 Å². The number of anilines is 1. The van der Waals surface area contributed by atoms with Crippen LogP contribution >= 0.6 is 0 Å². The number of aromatic amines is 1. The Kier molecular flexibility index (Phi) is 5.61. The first-order chi connectivity index (χ1) is 14.7. The van der Waals surface area contributed by atoms with E-state index >= 15 is 0 Å². The van der Waals surface area contributed by atoms with E-state index in [2.05, 4.69) is 17.2 Å². The summed E-state index contributed by atoms with van der Waals surface area (Å²) >= 11 is 0. The van der Waals surface area contributed by atoms with Crippen LogP contribution in [0.5, 0.6) is 0 Å². The number of carbonyl (C=O) groups is 2. The van der Waals surface area contributed by atoms with Crippen molar-refractivity contribution in [2.24, 2.45) is 5.92 Å². The predicted octanol–water partition coefficient (Wildman–Crippen LogP) is 4.93. The van der Waals surface area contributed by atoms with Gasteiger partial charge in [0.25, 0.3) is 5.91 Å². The smallest absolute Gasteiger partial charge is 0.254 e. The zero-order valence-corrected chi connectivity index (χ0v) is 19.1. The second-order valence-electron chi connectivity index (χ2n) is 9.17. The molecule has 2 N–H and O–H groups in total. The Balaban J connectivity index is 1.50. The van der Waals surface area contributed by atoms with Gasteiger partial charge in [0.2, 0.25) is 5.91 Å². The number of H-pyrrole nitrogens is 1. The first kappa shape index (κ1) is 21.2. The summed E-state index contributed by atoms with van der Waals surface area (Å²) in [4.78, 5) is 30.7. The molecule has 0 spiro atoms. The van der Waals surface area contributed by atoms with Gasteiger partial charge in [0.15, 0.2) is 0 Å². The third-order valence-corrected chi connectivity index (χ3v) is 6.35. The molecule has 0 fully saturated rings. The molecule has 31 heavy (non-hydrogen) atoms. The van der Waals surface area contributed by atoms with Crippen LogP contribution in [-0.2, 0) is 17.6 Å². The van der Waals surface area contributed by atoms with Crippen LogP contribution in [0.4, 0.5) is 5.69 Å². The molecule has 1 aliphatic carbocycles. The van der Waals surface area contributed by atoms with Crippen molar-refractivity contribution >= 4 is 28.4 Å². The summed E-state index contributed by atoms with van der Waals surface area (Å²) < 4.78 is 0. The van der Waals surface area contributed by atoms with Gasteiger partial charge in [0.1, 0.15) is 0 Å². The topological polar surface area (TPSA) is 65.2 Å². The number of nitrogens with one attached hydrogen (secondary N) is 2. The first-order valence-electron chi connectivity index (χ1n) is 11.0. The molecule has 0 aliphatic heterocycles. The number of benzene rings is 2. The van der Waals surface area contributed by atoms with Crippen LogP contribution < -0.4 is 5.32 Å². The normalized spacial score (nSPS) is 15.6. The number of hydrogen-bond donors (Lipinski definition) is 2. The van der Waals surface area contributed by atoms with Gasteiger partial charge in [0, 0.05) is 34.9 Å². The van der Waals surface area contributed by atoms with E-state index in [0.717, 1.165) is 46.1 Å². The molecule has 1 heterocycles. The molecule has 1 aliphatic rings. The van der Waals surface area contributed by atoms with Gasteiger partial charge in [-0.1, -0.05) is 24.6 Å². The molecule has 1 unspecified atom stereocenters. The highest BCUT2D eigenvalue weighted by atomic mass is 16.2. The Bertz CT molecular complexity index is 1150. The lowest BCUT2D eigenvalue weighted by molar-refractivity contribution is -0.116. The lowest BCUT2D eigenvalue weighted by Gasteiger charge is -2.19. The van der Waals surface area contributed by atoms with Crippen molar-refractivity contribution in [1.82, 2.24) is 9.88 Å². The minimum atomic E-state index is -0.195. The van der Waals surface area contributed by atoms with Gasteiger partial charge in [-0.3, -0.25) is 9.59 Å². The summed E-state index contributed by atoms with van der Waals surface area (Å²) in [6, 6.07) is 9.90. The van der Waals surface area contributed by atoms with Gasteiger partial charge in [-0.15, -0.1) is 0 Å². The lowest BCUT2D eigenvalue weighted by Crippen LogP contribution is -2.35. The van der Waals surface area contributed by atoms with Crippen LogP contribution in [0.3, 0.4) is 0 Å². The van der Waals surface area contributed by atoms with E-state index in [4.69, 9.17) is 0 Å². The van der Waals surface area contributed by atoms with E-state index in [-0.39, 0.29) is 18.4 Å². The summed E-state index contributed by atoms with van der Waals surface area (Å²) in [7, 11) is 1.68. The maximum Gasteiger partial charge on any atom is 0.254 e. The number of rotatable bonds is 4. The second kappa shape index (κ2) is 8.22. The van der Waals surface area contributed by atoms with E-state index in [9.17, 15) is 9.59 Å². The Labute approximate surface area is 183 Å². The van der Waals surface area contributed by atoms with Gasteiger partial charge in [-0.25, -0.2) is 0 Å². The van der Waals surface area contributed by atoms with Gasteiger partial charge in [0.05, 0.1) is 6.54 Å². The quantitative estimate of drug-likeness (QED) is 0.632. The molecule has 5 nitrogen and oxygen atoms in total. The van der Waals surface area contributed by atoms with E-state index < -0.39 is 0 Å². The standard InChI is InChI=1S/C26H31N3O2/c1-15-6-8-22-20(12-15)21-13-19(7-9-23(21)27-22)26(31)29(5)14-24(30)28-25-17(3)10-16(2)11-18(25)4/h7,9-11,13,15,27H,6,8,12,14H2,1-5H3,(H,28,30). The number of aromatic nitrogens is 1. The van der Waals surface area contributed by atoms with E-state index in [1.807, 2.05) is 51.1 Å². The third-order valence-electron chi connectivity index (χ3n) is 6.35. The largest absolute Gasteiger partial charge is 0.358 e. The summed E-state index contributed by atoms with van der Waals surface area (Å²) in [6.07, 6.45) is 3.30. The zero-order valence-electron chi connectivity index (χ0n) is 19.1. The summed E-state index contributed by atoms with van der Waals surface area (Å²) in [5, 5.41) is 4.11. The molecular formula is C26H31N3O2. The molecule has 1 aromatic heterocycles. The fourth-order valence-electron chi connectivity index (χ4n) is 4.79. The van der Waals surface area contributed by atoms with Gasteiger partial charge in [-0.2, -0.15) is 0 Å². The second-order valence-corrected chi connectivity index (χ2v) is 9.17. The minimum absolute atomic E-state index is 0.00586. The SMILES string of the molecule is Cc1cc(C)c(NC(=O)CN(C)C(=O)c2ccc3[nH]c4c(c3c2)CC(C)CC4)c(C)c1. The summed E-state index contributed by atoms with van der Waals surface area (Å²) in [5.74, 6) is 0.318. The van der Waals surface area contributed by atoms with Crippen molar-refractivity contribution in [2.75, 3.05) is 18.9 Å². The lowest BCUT2D eigenvalue weighted by atomic mass is 9.87. The molecule has 4 rings (SSSR count). The van der Waals surface area contributed by atoms with Gasteiger partial charge >= 0.3 is 0 Å². The van der Waals surface area contributed by atoms with Crippen LogP contribution in [0, 0.1) is 26.7 Å². The van der Waals surface area contributed by atoms with Crippen LogP contribution in [0.2, 0.25) is 0 Å². The minimum Gasteiger partial charge on any atom is -0.358 e. The Hall–Kier alpha value is -3.08. The van der Waals surface area contributed by atoms with Crippen LogP contribution in [0.1, 0.15) is 51.7 Å². The molecule has 2 amide bonds. The van der Waals surface area contributed by atoms with Crippen molar-refractivity contribution < 1.29 is 9.59 Å². The number of likely N-dealkylation sites (N-methyl/N-ethyl adjacent to an activating group) is 1. The van der Waals surface area contributed by atoms with Gasteiger partial charge < -0.3 is 15.2 Å². The molecule has 0 saturated carbocycles. The molecule has 0 saturated heterocycles. The molecule has 1 atom stereocenters. The van der Waals surface area contributed by atoms with Crippen molar-refractivity contribution in [3.63, 3.8) is 0 Å². The maximum atomic E-state index is 13.0. The molecule has 0 radical (unpaired) electrons. The maximum absolute atomic E-state index is 13.0. The van der Waals surface area contributed by atoms with Crippen LogP contribution in [-0.4, -0.2) is 35.3 Å². The average molecular weight is 418 g/mol. The number of hydrogen-bond acceptors (Lipinski definition) is 2. The molecule has 162 valence electrons. The monoisotopic (exact) mass is 417 g/mol. The highest BCUT2D eigenvalue weighted by molar-refractivity contribution is 6.02. The molecule has 3 aromatic rings. The Morgan fingerprint density at radius 1 is 1.13 bits per heavy atom. The number of nitrogens with zero attached hydrogens (tertiary/aromatic N) is 1. The summed E-state index contributed by atoms with van der Waals surface area (Å²) in [6.45, 7) is 8.29. The van der Waals surface area contributed by atoms with E-state index in [1.165, 1.54) is 22.6 Å². The highest BCUT2D eigenvalue weighted by Crippen LogP contribution is 2.32. The number of carbonyl (C=O) groups excluding carboxylic acids is 2. The van der Waals surface area contributed by atoms with Crippen LogP contribution in [0.25, 0.3) is 10.9 Å². The number of fused-ring (bicyclic) bond motifs is 3. The number of amides is 2. The Morgan fingerprint density at radius 3 is 2.55 bits per heavy atom. The molecule has 0 bridgehead atoms. The van der Waals surface area contributed by atoms with Crippen molar-refractivity contribution in [2.45, 2.75) is 47.0 Å². The average Bonchev–Trinajstić information content (AvgIpc) is 3.07. The van der Waals surface area contributed by atoms with Crippen LogP contribution in [0.15, 0.2) is 30.3 Å². The molecular weight excluding hydrogens is 386 g/mol. The Morgan fingerprint density at radius 2 is 1.84 bits per heavy atom. The van der Waals surface area contributed by atoms with Crippen molar-refractivity contribution in [3.05, 3.63) is 63.8 Å². The third kappa shape index (κ3) is 4.22. The fourth-order valence-corrected chi connectivity index (χ4v) is 4.79. The predicted molar refractivity (Wildman–Crippen MR) is 126 cm³/mol. The fraction of sp³-hybridized carbons (Fsp3) is 0.385. The van der Waals surface area contributed by atoms with Crippen molar-refractivity contribution in [1.29, 1.82) is 0 Å². The highest BCUT2D eigenvalue weighted by Gasteiger charge is 2.22. The molecule has 5 heteroatoms. The van der Waals surface area contributed by atoms with Crippen molar-refractivity contribution in [3.8, 4) is 0 Å². The van der Waals surface area contributed by atoms with Gasteiger partial charge in [-0.05, 0) is 80.8 Å². The number of aryl methyl sites for hydroxylation is 4. The first-order valence-corrected chi connectivity index (χ1v) is 11.0. The zero-order chi connectivity index (χ0) is 22.3. The summed E-state index contributed by atoms with van der Waals surface area (Å²) in [5.41, 5.74) is 8.38. The van der Waals surface area contributed by atoms with E-state index in [0.29, 0.717) is 11.5 Å². The molecule has 2 aromatic carbocycles.